The maximum absolute atomic E-state index is 12.7. The molecule has 0 radical (unpaired) electrons. The van der Waals surface area contributed by atoms with E-state index in [9.17, 15) is 9.59 Å². The van der Waals surface area contributed by atoms with E-state index in [1.165, 1.54) is 4.90 Å². The van der Waals surface area contributed by atoms with Crippen molar-refractivity contribution in [3.63, 3.8) is 0 Å². The Balaban J connectivity index is 1.84. The van der Waals surface area contributed by atoms with Gasteiger partial charge in [0.25, 0.3) is 0 Å². The molecule has 124 valence electrons. The largest absolute Gasteiger partial charge is 0.324 e. The molecule has 2 aromatic rings. The average molecular weight is 363 g/mol. The Labute approximate surface area is 150 Å². The van der Waals surface area contributed by atoms with E-state index >= 15 is 0 Å². The van der Waals surface area contributed by atoms with E-state index in [2.05, 4.69) is 5.32 Å². The highest BCUT2D eigenvalue weighted by atomic mass is 35.5. The lowest BCUT2D eigenvalue weighted by molar-refractivity contribution is -0.120. The first kappa shape index (κ1) is 16.8. The fourth-order valence-corrected chi connectivity index (χ4v) is 3.10. The number of nitrogens with zero attached hydrogens (tertiary/aromatic N) is 1. The molecule has 1 atom stereocenters. The highest BCUT2D eigenvalue weighted by Gasteiger charge is 2.37. The van der Waals surface area contributed by atoms with Crippen LogP contribution in [0, 0.1) is 6.92 Å². The number of carbonyl (C=O) groups excluding carboxylic acids is 2. The molecule has 2 amide bonds. The first-order valence-corrected chi connectivity index (χ1v) is 8.36. The van der Waals surface area contributed by atoms with Gasteiger partial charge < -0.3 is 5.32 Å². The third kappa shape index (κ3) is 3.40. The van der Waals surface area contributed by atoms with Crippen LogP contribution in [-0.2, 0) is 9.59 Å². The van der Waals surface area contributed by atoms with E-state index in [0.717, 1.165) is 5.56 Å². The predicted molar refractivity (Wildman–Crippen MR) is 96.8 cm³/mol. The molecule has 1 fully saturated rings. The van der Waals surface area contributed by atoms with Crippen LogP contribution in [0.3, 0.4) is 0 Å². The fraction of sp³-hybridized carbons (Fsp3) is 0.222. The molecule has 1 saturated heterocycles. The number of carbonyl (C=O) groups is 2. The molecular formula is C18H16Cl2N2O2. The molecule has 3 rings (SSSR count). The first-order valence-electron chi connectivity index (χ1n) is 7.60. The normalized spacial score (nSPS) is 17.2. The second kappa shape index (κ2) is 6.83. The molecule has 1 aliphatic heterocycles. The molecule has 1 heterocycles. The Bertz CT molecular complexity index is 790. The van der Waals surface area contributed by atoms with Crippen LogP contribution in [0.5, 0.6) is 0 Å². The van der Waals surface area contributed by atoms with Gasteiger partial charge in [0.15, 0.2) is 0 Å². The molecule has 0 spiro atoms. The van der Waals surface area contributed by atoms with Gasteiger partial charge in [-0.25, -0.2) is 0 Å². The lowest BCUT2D eigenvalue weighted by atomic mass is 10.1. The van der Waals surface area contributed by atoms with Crippen molar-refractivity contribution in [1.29, 1.82) is 0 Å². The third-order valence-corrected chi connectivity index (χ3v) is 4.56. The molecule has 1 unspecified atom stereocenters. The van der Waals surface area contributed by atoms with Gasteiger partial charge in [-0.3, -0.25) is 14.5 Å². The summed E-state index contributed by atoms with van der Waals surface area (Å²) >= 11 is 11.9. The second-order valence-electron chi connectivity index (χ2n) is 5.74. The maximum atomic E-state index is 12.7. The number of halogens is 2. The molecule has 4 nitrogen and oxygen atoms in total. The van der Waals surface area contributed by atoms with E-state index in [4.69, 9.17) is 23.2 Å². The Morgan fingerprint density at radius 3 is 2.50 bits per heavy atom. The van der Waals surface area contributed by atoms with Gasteiger partial charge >= 0.3 is 0 Å². The summed E-state index contributed by atoms with van der Waals surface area (Å²) in [5.41, 5.74) is 2.24. The van der Waals surface area contributed by atoms with Crippen LogP contribution in [0.15, 0.2) is 42.5 Å². The number of hydrogen-bond donors (Lipinski definition) is 1. The van der Waals surface area contributed by atoms with Gasteiger partial charge in [0.1, 0.15) is 6.04 Å². The number of aryl methyl sites for hydroxylation is 1. The highest BCUT2D eigenvalue weighted by Crippen LogP contribution is 2.29. The van der Waals surface area contributed by atoms with Crippen LogP contribution in [0.4, 0.5) is 11.4 Å². The van der Waals surface area contributed by atoms with Crippen molar-refractivity contribution in [2.24, 2.45) is 0 Å². The number of rotatable bonds is 3. The van der Waals surface area contributed by atoms with Crippen molar-refractivity contribution >= 4 is 46.4 Å². The van der Waals surface area contributed by atoms with Crippen molar-refractivity contribution < 1.29 is 9.59 Å². The van der Waals surface area contributed by atoms with Crippen LogP contribution in [0.25, 0.3) is 0 Å². The van der Waals surface area contributed by atoms with Crippen LogP contribution in [-0.4, -0.2) is 17.9 Å². The monoisotopic (exact) mass is 362 g/mol. The Morgan fingerprint density at radius 1 is 1.12 bits per heavy atom. The summed E-state index contributed by atoms with van der Waals surface area (Å²) in [5, 5.41) is 4.01. The molecule has 2 aromatic carbocycles. The van der Waals surface area contributed by atoms with Gasteiger partial charge in [-0.2, -0.15) is 0 Å². The van der Waals surface area contributed by atoms with Crippen molar-refractivity contribution in [3.05, 3.63) is 58.1 Å². The summed E-state index contributed by atoms with van der Waals surface area (Å²) in [7, 11) is 0. The van der Waals surface area contributed by atoms with Gasteiger partial charge in [-0.1, -0.05) is 29.3 Å². The summed E-state index contributed by atoms with van der Waals surface area (Å²) in [6, 6.07) is 11.7. The quantitative estimate of drug-likeness (QED) is 0.877. The van der Waals surface area contributed by atoms with E-state index in [1.807, 2.05) is 13.0 Å². The molecule has 0 aromatic heterocycles. The van der Waals surface area contributed by atoms with Gasteiger partial charge in [-0.15, -0.1) is 0 Å². The standard InChI is InChI=1S/C18H16Cl2N2O2/c1-11-2-3-13(20)10-15(11)21-18(24)16-8-9-17(23)22(16)14-6-4-12(19)5-7-14/h2-7,10,16H,8-9H2,1H3,(H,21,24). The zero-order valence-corrected chi connectivity index (χ0v) is 14.6. The second-order valence-corrected chi connectivity index (χ2v) is 6.62. The van der Waals surface area contributed by atoms with Crippen LogP contribution in [0.1, 0.15) is 18.4 Å². The van der Waals surface area contributed by atoms with Crippen molar-refractivity contribution in [2.45, 2.75) is 25.8 Å². The van der Waals surface area contributed by atoms with E-state index in [1.54, 1.807) is 36.4 Å². The van der Waals surface area contributed by atoms with Crippen LogP contribution < -0.4 is 10.2 Å². The first-order chi connectivity index (χ1) is 11.5. The SMILES string of the molecule is Cc1ccc(Cl)cc1NC(=O)C1CCC(=O)N1c1ccc(Cl)cc1. The van der Waals surface area contributed by atoms with Crippen LogP contribution >= 0.6 is 23.2 Å². The molecule has 0 aliphatic carbocycles. The van der Waals surface area contributed by atoms with Gasteiger partial charge in [0.2, 0.25) is 11.8 Å². The van der Waals surface area contributed by atoms with E-state index < -0.39 is 6.04 Å². The summed E-state index contributed by atoms with van der Waals surface area (Å²) < 4.78 is 0. The fourth-order valence-electron chi connectivity index (χ4n) is 2.80. The molecule has 0 bridgehead atoms. The lowest BCUT2D eigenvalue weighted by Crippen LogP contribution is -2.41. The van der Waals surface area contributed by atoms with Gasteiger partial charge in [0.05, 0.1) is 0 Å². The topological polar surface area (TPSA) is 49.4 Å². The van der Waals surface area contributed by atoms with E-state index in [-0.39, 0.29) is 11.8 Å². The minimum atomic E-state index is -0.544. The van der Waals surface area contributed by atoms with Crippen LogP contribution in [0.2, 0.25) is 10.0 Å². The predicted octanol–water partition coefficient (Wildman–Crippen LogP) is 4.44. The van der Waals surface area contributed by atoms with Crippen molar-refractivity contribution in [3.8, 4) is 0 Å². The Morgan fingerprint density at radius 2 is 1.79 bits per heavy atom. The number of benzene rings is 2. The minimum absolute atomic E-state index is 0.0692. The highest BCUT2D eigenvalue weighted by molar-refractivity contribution is 6.31. The lowest BCUT2D eigenvalue weighted by Gasteiger charge is -2.24. The van der Waals surface area contributed by atoms with Gasteiger partial charge in [0, 0.05) is 27.8 Å². The average Bonchev–Trinajstić information content (AvgIpc) is 2.93. The number of nitrogens with one attached hydrogen (secondary N) is 1. The zero-order chi connectivity index (χ0) is 17.3. The molecular weight excluding hydrogens is 347 g/mol. The Hall–Kier alpha value is -2.04. The molecule has 1 N–H and O–H groups in total. The molecule has 6 heteroatoms. The van der Waals surface area contributed by atoms with Crippen molar-refractivity contribution in [2.75, 3.05) is 10.2 Å². The summed E-state index contributed by atoms with van der Waals surface area (Å²) in [5.74, 6) is -0.290. The zero-order valence-electron chi connectivity index (χ0n) is 13.1. The summed E-state index contributed by atoms with van der Waals surface area (Å²) in [6.45, 7) is 1.89. The van der Waals surface area contributed by atoms with E-state index in [0.29, 0.717) is 34.3 Å². The molecule has 1 aliphatic rings. The number of amides is 2. The number of hydrogen-bond acceptors (Lipinski definition) is 2. The van der Waals surface area contributed by atoms with Gasteiger partial charge in [-0.05, 0) is 55.3 Å². The summed E-state index contributed by atoms with van der Waals surface area (Å²) in [6.07, 6.45) is 0.822. The molecule has 24 heavy (non-hydrogen) atoms. The smallest absolute Gasteiger partial charge is 0.247 e. The van der Waals surface area contributed by atoms with Crippen molar-refractivity contribution in [1.82, 2.24) is 0 Å². The minimum Gasteiger partial charge on any atom is -0.324 e. The third-order valence-electron chi connectivity index (χ3n) is 4.08. The Kier molecular flexibility index (Phi) is 4.78. The summed E-state index contributed by atoms with van der Waals surface area (Å²) in [4.78, 5) is 26.5. The number of anilines is 2. The maximum Gasteiger partial charge on any atom is 0.247 e. The molecule has 0 saturated carbocycles.